The first-order chi connectivity index (χ1) is 10.9. The molecule has 0 unspecified atom stereocenters. The Morgan fingerprint density at radius 1 is 1.39 bits per heavy atom. The number of amides is 2. The average Bonchev–Trinajstić information content (AvgIpc) is 2.54. The molecule has 0 spiro atoms. The van der Waals surface area contributed by atoms with Crippen LogP contribution in [0.3, 0.4) is 0 Å². The zero-order valence-corrected chi connectivity index (χ0v) is 13.3. The molecule has 0 aliphatic carbocycles. The highest BCUT2D eigenvalue weighted by atomic mass is 32.2. The molecule has 0 radical (unpaired) electrons. The Morgan fingerprint density at radius 2 is 2.09 bits per heavy atom. The zero-order chi connectivity index (χ0) is 16.6. The van der Waals surface area contributed by atoms with E-state index in [4.69, 9.17) is 5.11 Å². The number of carboxylic acids is 1. The van der Waals surface area contributed by atoms with Gasteiger partial charge in [0.05, 0.1) is 6.42 Å². The summed E-state index contributed by atoms with van der Waals surface area (Å²) in [6.45, 7) is 1.65. The normalized spacial score (nSPS) is 26.0. The van der Waals surface area contributed by atoms with Gasteiger partial charge in [0.25, 0.3) is 5.91 Å². The lowest BCUT2D eigenvalue weighted by molar-refractivity contribution is -0.157. The molecule has 3 rings (SSSR count). The third-order valence-electron chi connectivity index (χ3n) is 4.01. The summed E-state index contributed by atoms with van der Waals surface area (Å²) in [6.07, 6.45) is 1.70. The third kappa shape index (κ3) is 2.61. The minimum absolute atomic E-state index is 0.00599. The maximum atomic E-state index is 12.4. The van der Waals surface area contributed by atoms with Crippen molar-refractivity contribution in [2.24, 2.45) is 0 Å². The van der Waals surface area contributed by atoms with Crippen molar-refractivity contribution in [3.63, 3.8) is 0 Å². The number of nitrogens with zero attached hydrogens (tertiary/aromatic N) is 1. The van der Waals surface area contributed by atoms with E-state index in [1.54, 1.807) is 6.92 Å². The number of nitrogens with one attached hydrogen (secondary N) is 1. The van der Waals surface area contributed by atoms with E-state index < -0.39 is 11.5 Å². The predicted molar refractivity (Wildman–Crippen MR) is 85.5 cm³/mol. The number of carboxylic acid groups (broad SMARTS) is 1. The Bertz CT molecular complexity index is 703. The van der Waals surface area contributed by atoms with Crippen LogP contribution in [-0.4, -0.2) is 44.5 Å². The van der Waals surface area contributed by atoms with Crippen molar-refractivity contribution in [3.8, 4) is 0 Å². The standard InChI is InChI=1S/C16H16N2O4S/c1-16(17-12(19)9-10-5-3-2-4-6-10)14(22)18-11(13(20)21)7-8-23-15(16)18/h2-7,15H,8-9H2,1H3,(H,17,19)(H,20,21)/t15-,16+/m0/s1. The Balaban J connectivity index is 1.71. The molecule has 6 nitrogen and oxygen atoms in total. The molecule has 2 N–H and O–H groups in total. The van der Waals surface area contributed by atoms with Gasteiger partial charge in [-0.25, -0.2) is 4.79 Å². The van der Waals surface area contributed by atoms with Crippen LogP contribution in [0.15, 0.2) is 42.1 Å². The molecule has 1 saturated heterocycles. The Morgan fingerprint density at radius 3 is 2.74 bits per heavy atom. The van der Waals surface area contributed by atoms with Gasteiger partial charge in [-0.2, -0.15) is 0 Å². The van der Waals surface area contributed by atoms with Crippen LogP contribution in [0, 0.1) is 0 Å². The summed E-state index contributed by atoms with van der Waals surface area (Å²) in [4.78, 5) is 37.1. The van der Waals surface area contributed by atoms with Gasteiger partial charge in [-0.3, -0.25) is 14.5 Å². The molecule has 0 bridgehead atoms. The van der Waals surface area contributed by atoms with Crippen molar-refractivity contribution >= 4 is 29.5 Å². The van der Waals surface area contributed by atoms with Gasteiger partial charge in [-0.15, -0.1) is 11.8 Å². The number of β-lactam (4-membered cyclic amide) rings is 1. The van der Waals surface area contributed by atoms with E-state index in [1.165, 1.54) is 22.7 Å². The molecule has 1 aromatic rings. The van der Waals surface area contributed by atoms with Crippen molar-refractivity contribution in [2.75, 3.05) is 5.75 Å². The van der Waals surface area contributed by atoms with Gasteiger partial charge >= 0.3 is 5.97 Å². The van der Waals surface area contributed by atoms with Crippen molar-refractivity contribution < 1.29 is 19.5 Å². The molecular formula is C16H16N2O4S. The van der Waals surface area contributed by atoms with E-state index in [9.17, 15) is 14.4 Å². The number of hydrogen-bond donors (Lipinski definition) is 2. The second-order valence-corrected chi connectivity index (χ2v) is 6.78. The highest BCUT2D eigenvalue weighted by Crippen LogP contribution is 2.43. The van der Waals surface area contributed by atoms with Crippen LogP contribution < -0.4 is 5.32 Å². The summed E-state index contributed by atoms with van der Waals surface area (Å²) in [5, 5.41) is 11.6. The van der Waals surface area contributed by atoms with Crippen LogP contribution in [0.5, 0.6) is 0 Å². The maximum Gasteiger partial charge on any atom is 0.352 e. The number of thioether (sulfide) groups is 1. The van der Waals surface area contributed by atoms with E-state index in [2.05, 4.69) is 5.32 Å². The Labute approximate surface area is 137 Å². The van der Waals surface area contributed by atoms with E-state index in [0.29, 0.717) is 5.75 Å². The smallest absolute Gasteiger partial charge is 0.352 e. The first-order valence-electron chi connectivity index (χ1n) is 7.17. The summed E-state index contributed by atoms with van der Waals surface area (Å²) in [6, 6.07) is 9.26. The fraction of sp³-hybridized carbons (Fsp3) is 0.312. The number of hydrogen-bond acceptors (Lipinski definition) is 4. The van der Waals surface area contributed by atoms with Gasteiger partial charge < -0.3 is 10.4 Å². The molecule has 0 saturated carbocycles. The lowest BCUT2D eigenvalue weighted by Crippen LogP contribution is -2.78. The second kappa shape index (κ2) is 5.73. The van der Waals surface area contributed by atoms with Crippen LogP contribution in [0.1, 0.15) is 12.5 Å². The minimum Gasteiger partial charge on any atom is -0.477 e. The molecule has 2 heterocycles. The molecule has 23 heavy (non-hydrogen) atoms. The quantitative estimate of drug-likeness (QED) is 0.803. The van der Waals surface area contributed by atoms with E-state index in [1.807, 2.05) is 30.3 Å². The monoisotopic (exact) mass is 332 g/mol. The van der Waals surface area contributed by atoms with Crippen LogP contribution in [0.2, 0.25) is 0 Å². The van der Waals surface area contributed by atoms with Crippen LogP contribution in [0.25, 0.3) is 0 Å². The van der Waals surface area contributed by atoms with E-state index >= 15 is 0 Å². The maximum absolute atomic E-state index is 12.4. The van der Waals surface area contributed by atoms with Gasteiger partial charge in [0.1, 0.15) is 16.6 Å². The van der Waals surface area contributed by atoms with Crippen molar-refractivity contribution in [1.82, 2.24) is 10.2 Å². The summed E-state index contributed by atoms with van der Waals surface area (Å²) < 4.78 is 0. The molecule has 120 valence electrons. The average molecular weight is 332 g/mol. The van der Waals surface area contributed by atoms with E-state index in [0.717, 1.165) is 5.56 Å². The lowest BCUT2D eigenvalue weighted by atomic mass is 9.88. The number of rotatable bonds is 4. The predicted octanol–water partition coefficient (Wildman–Crippen LogP) is 0.988. The largest absolute Gasteiger partial charge is 0.477 e. The highest BCUT2D eigenvalue weighted by molar-refractivity contribution is 8.00. The number of carbonyl (C=O) groups is 3. The molecule has 7 heteroatoms. The molecule has 2 aliphatic rings. The van der Waals surface area contributed by atoms with Gasteiger partial charge in [0, 0.05) is 5.75 Å². The molecule has 2 atom stereocenters. The molecule has 1 aromatic carbocycles. The minimum atomic E-state index is -1.12. The molecule has 0 aromatic heterocycles. The summed E-state index contributed by atoms with van der Waals surface area (Å²) >= 11 is 1.44. The fourth-order valence-corrected chi connectivity index (χ4v) is 4.16. The molecule has 2 aliphatic heterocycles. The Kier molecular flexibility index (Phi) is 3.89. The lowest BCUT2D eigenvalue weighted by Gasteiger charge is -2.55. The Hall–Kier alpha value is -2.28. The third-order valence-corrected chi connectivity index (χ3v) is 5.36. The van der Waals surface area contributed by atoms with Gasteiger partial charge in [0.2, 0.25) is 5.91 Å². The van der Waals surface area contributed by atoms with Crippen LogP contribution >= 0.6 is 11.8 Å². The molecule has 1 fully saturated rings. The first kappa shape index (κ1) is 15.6. The summed E-state index contributed by atoms with van der Waals surface area (Å²) in [7, 11) is 0. The molecule has 2 amide bonds. The van der Waals surface area contributed by atoms with Gasteiger partial charge in [0.15, 0.2) is 0 Å². The summed E-state index contributed by atoms with van der Waals surface area (Å²) in [5.41, 5.74) is -0.209. The van der Waals surface area contributed by atoms with E-state index in [-0.39, 0.29) is 29.3 Å². The van der Waals surface area contributed by atoms with Crippen molar-refractivity contribution in [2.45, 2.75) is 24.3 Å². The highest BCUT2D eigenvalue weighted by Gasteiger charge is 2.61. The first-order valence-corrected chi connectivity index (χ1v) is 8.22. The number of aliphatic carboxylic acids is 1. The van der Waals surface area contributed by atoms with Gasteiger partial charge in [-0.05, 0) is 18.6 Å². The van der Waals surface area contributed by atoms with Crippen molar-refractivity contribution in [1.29, 1.82) is 0 Å². The van der Waals surface area contributed by atoms with Gasteiger partial charge in [-0.1, -0.05) is 30.3 Å². The number of carbonyl (C=O) groups excluding carboxylic acids is 2. The SMILES string of the molecule is C[C@@]1(NC(=O)Cc2ccccc2)C(=O)N2C(C(=O)O)=CCS[C@H]21. The zero-order valence-electron chi connectivity index (χ0n) is 12.5. The fourth-order valence-electron chi connectivity index (χ4n) is 2.87. The molecular weight excluding hydrogens is 316 g/mol. The number of benzene rings is 1. The summed E-state index contributed by atoms with van der Waals surface area (Å²) in [5.74, 6) is -1.26. The number of fused-ring (bicyclic) bond motifs is 1. The topological polar surface area (TPSA) is 86.7 Å². The van der Waals surface area contributed by atoms with Crippen molar-refractivity contribution in [3.05, 3.63) is 47.7 Å². The van der Waals surface area contributed by atoms with Crippen LogP contribution in [0.4, 0.5) is 0 Å². The van der Waals surface area contributed by atoms with Crippen LogP contribution in [-0.2, 0) is 20.8 Å². The second-order valence-electron chi connectivity index (χ2n) is 5.67.